The molecule has 0 atom stereocenters. The molecular formula is C40H38N4. The van der Waals surface area contributed by atoms with Crippen LogP contribution in [-0.2, 0) is 10.8 Å². The van der Waals surface area contributed by atoms with Crippen LogP contribution in [0.15, 0.2) is 84.9 Å². The van der Waals surface area contributed by atoms with Gasteiger partial charge >= 0.3 is 0 Å². The van der Waals surface area contributed by atoms with Crippen LogP contribution >= 0.6 is 0 Å². The second-order valence-corrected chi connectivity index (χ2v) is 13.7. The van der Waals surface area contributed by atoms with Gasteiger partial charge in [-0.2, -0.15) is 0 Å². The third-order valence-corrected chi connectivity index (χ3v) is 8.38. The maximum absolute atomic E-state index is 5.32. The van der Waals surface area contributed by atoms with Crippen LogP contribution in [0.25, 0.3) is 68.6 Å². The lowest BCUT2D eigenvalue weighted by molar-refractivity contribution is 0.583. The second kappa shape index (κ2) is 10.3. The summed E-state index contributed by atoms with van der Waals surface area (Å²) < 4.78 is 0. The summed E-state index contributed by atoms with van der Waals surface area (Å²) in [5, 5.41) is 0. The normalized spacial score (nSPS) is 13.0. The molecule has 0 saturated heterocycles. The van der Waals surface area contributed by atoms with E-state index >= 15 is 0 Å². The van der Waals surface area contributed by atoms with Gasteiger partial charge in [-0.05, 0) is 70.5 Å². The van der Waals surface area contributed by atoms with Gasteiger partial charge in [-0.1, -0.05) is 102 Å². The van der Waals surface area contributed by atoms with Gasteiger partial charge in [0.15, 0.2) is 0 Å². The Balaban J connectivity index is 1.71. The first-order chi connectivity index (χ1) is 21.1. The van der Waals surface area contributed by atoms with Gasteiger partial charge < -0.3 is 9.97 Å². The Hall–Kier alpha value is -4.96. The van der Waals surface area contributed by atoms with E-state index in [1.807, 2.05) is 0 Å². The fourth-order valence-electron chi connectivity index (χ4n) is 6.60. The van der Waals surface area contributed by atoms with Gasteiger partial charge in [-0.15, -0.1) is 0 Å². The standard InChI is InChI=1S/C40H38N4/c1-39(2,3)37-31-21-17-27(41-31)35(25-13-9-7-10-14-25)29-19-23-33(43-29)38(40(4,5)6)34-24-20-30(44-34)36(26-15-11-8-12-16-26)28-18-22-32(37)42-28/h7-24,41-42H,1-6H3. The van der Waals surface area contributed by atoms with Crippen molar-refractivity contribution < 1.29 is 0 Å². The van der Waals surface area contributed by atoms with Crippen LogP contribution in [-0.4, -0.2) is 19.9 Å². The Morgan fingerprint density at radius 2 is 0.773 bits per heavy atom. The lowest BCUT2D eigenvalue weighted by Gasteiger charge is -2.20. The van der Waals surface area contributed by atoms with Crippen molar-refractivity contribution in [1.29, 1.82) is 0 Å². The molecule has 2 aliphatic rings. The molecule has 2 aromatic carbocycles. The number of hydrogen-bond donors (Lipinski definition) is 2. The highest BCUT2D eigenvalue weighted by Gasteiger charge is 2.26. The van der Waals surface area contributed by atoms with Gasteiger partial charge in [0.25, 0.3) is 0 Å². The molecule has 44 heavy (non-hydrogen) atoms. The molecule has 8 bridgehead atoms. The monoisotopic (exact) mass is 574 g/mol. The van der Waals surface area contributed by atoms with E-state index in [9.17, 15) is 0 Å². The number of rotatable bonds is 2. The minimum absolute atomic E-state index is 0.135. The maximum Gasteiger partial charge on any atom is 0.0737 e. The Morgan fingerprint density at radius 1 is 0.409 bits per heavy atom. The summed E-state index contributed by atoms with van der Waals surface area (Å²) in [7, 11) is 0. The van der Waals surface area contributed by atoms with Gasteiger partial charge in [0.05, 0.1) is 22.8 Å². The minimum atomic E-state index is -0.182. The fourth-order valence-corrected chi connectivity index (χ4v) is 6.60. The summed E-state index contributed by atoms with van der Waals surface area (Å²) in [5.74, 6) is 0. The Bertz CT molecular complexity index is 1970. The molecular weight excluding hydrogens is 536 g/mol. The molecule has 0 radical (unpaired) electrons. The minimum Gasteiger partial charge on any atom is -0.355 e. The summed E-state index contributed by atoms with van der Waals surface area (Å²) in [6.45, 7) is 13.5. The number of hydrogen-bond acceptors (Lipinski definition) is 2. The highest BCUT2D eigenvalue weighted by molar-refractivity contribution is 5.94. The molecule has 2 N–H and O–H groups in total. The molecule has 0 amide bonds. The molecule has 218 valence electrons. The third kappa shape index (κ3) is 4.90. The van der Waals surface area contributed by atoms with Crippen LogP contribution in [0.5, 0.6) is 0 Å². The average molecular weight is 575 g/mol. The van der Waals surface area contributed by atoms with Crippen molar-refractivity contribution >= 4 is 46.4 Å². The van der Waals surface area contributed by atoms with E-state index in [1.54, 1.807) is 0 Å². The van der Waals surface area contributed by atoms with Crippen molar-refractivity contribution in [3.8, 4) is 22.3 Å². The molecule has 0 fully saturated rings. The van der Waals surface area contributed by atoms with E-state index in [0.717, 1.165) is 72.7 Å². The molecule has 0 saturated carbocycles. The van der Waals surface area contributed by atoms with E-state index in [1.165, 1.54) is 5.56 Å². The zero-order valence-electron chi connectivity index (χ0n) is 26.3. The number of H-pyrrole nitrogens is 2. The van der Waals surface area contributed by atoms with Crippen molar-refractivity contribution in [3.63, 3.8) is 0 Å². The molecule has 7 rings (SSSR count). The predicted molar refractivity (Wildman–Crippen MR) is 187 cm³/mol. The number of benzene rings is 2. The van der Waals surface area contributed by atoms with Crippen molar-refractivity contribution in [1.82, 2.24) is 19.9 Å². The molecule has 4 nitrogen and oxygen atoms in total. The first-order valence-electron chi connectivity index (χ1n) is 15.4. The highest BCUT2D eigenvalue weighted by atomic mass is 14.8. The number of aromatic nitrogens is 4. The van der Waals surface area contributed by atoms with Crippen molar-refractivity contribution in [2.45, 2.75) is 52.4 Å². The molecule has 4 heteroatoms. The Morgan fingerprint density at radius 3 is 1.16 bits per heavy atom. The fraction of sp³-hybridized carbons (Fsp3) is 0.200. The summed E-state index contributed by atoms with van der Waals surface area (Å²) in [5.41, 5.74) is 14.5. The van der Waals surface area contributed by atoms with Crippen LogP contribution in [0.1, 0.15) is 75.4 Å². The van der Waals surface area contributed by atoms with Crippen LogP contribution < -0.4 is 0 Å². The van der Waals surface area contributed by atoms with Gasteiger partial charge in [0.2, 0.25) is 0 Å². The maximum atomic E-state index is 5.32. The first-order valence-corrected chi connectivity index (χ1v) is 15.4. The number of nitrogens with zero attached hydrogens (tertiary/aromatic N) is 2. The van der Waals surface area contributed by atoms with Crippen LogP contribution in [0.3, 0.4) is 0 Å². The molecule has 0 unspecified atom stereocenters. The second-order valence-electron chi connectivity index (χ2n) is 13.7. The van der Waals surface area contributed by atoms with Crippen LogP contribution in [0.2, 0.25) is 0 Å². The first kappa shape index (κ1) is 27.8. The third-order valence-electron chi connectivity index (χ3n) is 8.38. The Kier molecular flexibility index (Phi) is 6.55. The molecule has 0 spiro atoms. The predicted octanol–water partition coefficient (Wildman–Crippen LogP) is 10.6. The average Bonchev–Trinajstić information content (AvgIpc) is 3.79. The zero-order valence-corrected chi connectivity index (χ0v) is 26.3. The van der Waals surface area contributed by atoms with Gasteiger partial charge in [-0.25, -0.2) is 9.97 Å². The quantitative estimate of drug-likeness (QED) is 0.216. The van der Waals surface area contributed by atoms with Crippen molar-refractivity contribution in [2.24, 2.45) is 0 Å². The molecule has 2 aliphatic heterocycles. The van der Waals surface area contributed by atoms with Crippen LogP contribution in [0.4, 0.5) is 0 Å². The van der Waals surface area contributed by atoms with E-state index < -0.39 is 0 Å². The number of nitrogens with one attached hydrogen (secondary N) is 2. The smallest absolute Gasteiger partial charge is 0.0737 e. The summed E-state index contributed by atoms with van der Waals surface area (Å²) in [4.78, 5) is 18.3. The Labute approximate surface area is 259 Å². The van der Waals surface area contributed by atoms with E-state index in [4.69, 9.17) is 9.97 Å². The van der Waals surface area contributed by atoms with E-state index in [-0.39, 0.29) is 10.8 Å². The zero-order chi connectivity index (χ0) is 30.6. The lowest BCUT2D eigenvalue weighted by atomic mass is 9.84. The van der Waals surface area contributed by atoms with E-state index in [0.29, 0.717) is 0 Å². The van der Waals surface area contributed by atoms with Crippen LogP contribution in [0, 0.1) is 0 Å². The topological polar surface area (TPSA) is 57.4 Å². The SMILES string of the molecule is CC(C)(C)c1c2nc(c(-c3ccccc3)c3ccc([nH]3)c(C(C)(C)C)c3ccc([nH]3)c(-c3ccccc3)c3nc1C=C3)C=C2. The van der Waals surface area contributed by atoms with Gasteiger partial charge in [0.1, 0.15) is 0 Å². The summed E-state index contributed by atoms with van der Waals surface area (Å²) in [6, 6.07) is 29.9. The van der Waals surface area contributed by atoms with Gasteiger partial charge in [-0.3, -0.25) is 0 Å². The summed E-state index contributed by atoms with van der Waals surface area (Å²) in [6.07, 6.45) is 8.61. The van der Waals surface area contributed by atoms with Crippen molar-refractivity contribution in [2.75, 3.05) is 0 Å². The number of aromatic amines is 2. The van der Waals surface area contributed by atoms with Crippen molar-refractivity contribution in [3.05, 3.63) is 119 Å². The lowest BCUT2D eigenvalue weighted by Crippen LogP contribution is -2.15. The summed E-state index contributed by atoms with van der Waals surface area (Å²) >= 11 is 0. The molecule has 3 aromatic heterocycles. The largest absolute Gasteiger partial charge is 0.355 e. The highest BCUT2D eigenvalue weighted by Crippen LogP contribution is 2.38. The number of fused-ring (bicyclic) bond motifs is 8. The molecule has 5 heterocycles. The van der Waals surface area contributed by atoms with Gasteiger partial charge in [0, 0.05) is 44.3 Å². The molecule has 5 aromatic rings. The molecule has 0 aliphatic carbocycles. The van der Waals surface area contributed by atoms with E-state index in [2.05, 4.69) is 161 Å².